The number of rotatable bonds is 4. The van der Waals surface area contributed by atoms with Crippen molar-refractivity contribution in [2.45, 2.75) is 13.2 Å². The van der Waals surface area contributed by atoms with E-state index >= 15 is 0 Å². The van der Waals surface area contributed by atoms with Crippen molar-refractivity contribution in [3.63, 3.8) is 0 Å². The number of aliphatic hydroxyl groups excluding tert-OH is 1. The molecule has 0 atom stereocenters. The Kier molecular flexibility index (Phi) is 4.22. The van der Waals surface area contributed by atoms with E-state index in [0.717, 1.165) is 22.3 Å². The molecule has 1 heterocycles. The first kappa shape index (κ1) is 14.8. The summed E-state index contributed by atoms with van der Waals surface area (Å²) in [5.74, 6) is -0.344. The largest absolute Gasteiger partial charge is 0.392 e. The van der Waals surface area contributed by atoms with Crippen molar-refractivity contribution in [1.29, 1.82) is 0 Å². The second kappa shape index (κ2) is 6.30. The summed E-state index contributed by atoms with van der Waals surface area (Å²) in [6.07, 6.45) is 3.46. The molecular formula is C17H14ClFN2O. The summed E-state index contributed by atoms with van der Waals surface area (Å²) in [5.41, 5.74) is 3.60. The van der Waals surface area contributed by atoms with Crippen LogP contribution in [-0.4, -0.2) is 14.9 Å². The van der Waals surface area contributed by atoms with Gasteiger partial charge in [0, 0.05) is 17.3 Å². The summed E-state index contributed by atoms with van der Waals surface area (Å²) < 4.78 is 14.9. The molecule has 5 heteroatoms. The van der Waals surface area contributed by atoms with Crippen LogP contribution < -0.4 is 0 Å². The molecule has 112 valence electrons. The number of hydrogen-bond acceptors (Lipinski definition) is 2. The van der Waals surface area contributed by atoms with Crippen molar-refractivity contribution in [2.24, 2.45) is 0 Å². The van der Waals surface area contributed by atoms with Crippen molar-refractivity contribution >= 4 is 11.6 Å². The summed E-state index contributed by atoms with van der Waals surface area (Å²) in [5, 5.41) is 13.6. The normalized spacial score (nSPS) is 10.9. The van der Waals surface area contributed by atoms with Gasteiger partial charge in [-0.2, -0.15) is 5.10 Å². The highest BCUT2D eigenvalue weighted by molar-refractivity contribution is 6.33. The minimum Gasteiger partial charge on any atom is -0.392 e. The van der Waals surface area contributed by atoms with Gasteiger partial charge in [-0.25, -0.2) is 4.39 Å². The van der Waals surface area contributed by atoms with Crippen molar-refractivity contribution in [3.05, 3.63) is 76.8 Å². The molecule has 0 saturated carbocycles. The number of aliphatic hydroxyl groups is 1. The zero-order valence-corrected chi connectivity index (χ0v) is 12.5. The van der Waals surface area contributed by atoms with Crippen LogP contribution in [0.1, 0.15) is 11.1 Å². The fourth-order valence-corrected chi connectivity index (χ4v) is 2.55. The summed E-state index contributed by atoms with van der Waals surface area (Å²) in [4.78, 5) is 0. The van der Waals surface area contributed by atoms with Crippen LogP contribution in [0.5, 0.6) is 0 Å². The van der Waals surface area contributed by atoms with Gasteiger partial charge in [0.15, 0.2) is 0 Å². The van der Waals surface area contributed by atoms with Gasteiger partial charge in [-0.3, -0.25) is 4.68 Å². The highest BCUT2D eigenvalue weighted by atomic mass is 35.5. The Morgan fingerprint density at radius 2 is 1.86 bits per heavy atom. The third kappa shape index (κ3) is 3.18. The van der Waals surface area contributed by atoms with Gasteiger partial charge >= 0.3 is 0 Å². The molecule has 0 radical (unpaired) electrons. The Hall–Kier alpha value is -2.17. The Morgan fingerprint density at radius 1 is 1.09 bits per heavy atom. The van der Waals surface area contributed by atoms with Gasteiger partial charge in [-0.15, -0.1) is 0 Å². The van der Waals surface area contributed by atoms with Gasteiger partial charge in [0.25, 0.3) is 0 Å². The zero-order valence-electron chi connectivity index (χ0n) is 11.7. The standard InChI is InChI=1S/C17H14ClFN2O/c18-17-7-15(19)5-6-16(17)14-3-1-12(2-4-14)9-21-10-13(11-22)8-20-21/h1-8,10,22H,9,11H2. The van der Waals surface area contributed by atoms with Gasteiger partial charge in [-0.1, -0.05) is 35.9 Å². The second-order valence-electron chi connectivity index (χ2n) is 5.03. The number of nitrogens with zero attached hydrogens (tertiary/aromatic N) is 2. The predicted octanol–water partition coefficient (Wildman–Crippen LogP) is 3.88. The van der Waals surface area contributed by atoms with E-state index in [1.54, 1.807) is 16.9 Å². The first-order chi connectivity index (χ1) is 10.7. The third-order valence-electron chi connectivity index (χ3n) is 3.41. The predicted molar refractivity (Wildman–Crippen MR) is 84.1 cm³/mol. The van der Waals surface area contributed by atoms with Gasteiger partial charge in [0.05, 0.1) is 24.4 Å². The van der Waals surface area contributed by atoms with Crippen LogP contribution in [0.3, 0.4) is 0 Å². The van der Waals surface area contributed by atoms with Gasteiger partial charge in [-0.05, 0) is 29.3 Å². The molecule has 2 aromatic carbocycles. The molecule has 0 aliphatic rings. The minimum absolute atomic E-state index is 0.0119. The number of hydrogen-bond donors (Lipinski definition) is 1. The van der Waals surface area contributed by atoms with Crippen LogP contribution in [0.15, 0.2) is 54.9 Å². The van der Waals surface area contributed by atoms with Crippen molar-refractivity contribution < 1.29 is 9.50 Å². The SMILES string of the molecule is OCc1cnn(Cc2ccc(-c3ccc(F)cc3Cl)cc2)c1. The van der Waals surface area contributed by atoms with E-state index in [1.807, 2.05) is 30.5 Å². The Balaban J connectivity index is 1.80. The van der Waals surface area contributed by atoms with Crippen LogP contribution in [-0.2, 0) is 13.2 Å². The van der Waals surface area contributed by atoms with Gasteiger partial charge < -0.3 is 5.11 Å². The molecule has 0 aliphatic carbocycles. The van der Waals surface area contributed by atoms with Crippen molar-refractivity contribution in [1.82, 2.24) is 9.78 Å². The molecule has 0 spiro atoms. The maximum atomic E-state index is 13.1. The lowest BCUT2D eigenvalue weighted by molar-refractivity contribution is 0.281. The lowest BCUT2D eigenvalue weighted by atomic mass is 10.0. The second-order valence-corrected chi connectivity index (χ2v) is 5.43. The first-order valence-corrected chi connectivity index (χ1v) is 7.20. The Bertz CT molecular complexity index is 784. The molecule has 1 N–H and O–H groups in total. The molecule has 0 amide bonds. The average Bonchev–Trinajstić information content (AvgIpc) is 2.96. The summed E-state index contributed by atoms with van der Waals surface area (Å²) in [7, 11) is 0. The van der Waals surface area contributed by atoms with E-state index in [0.29, 0.717) is 11.6 Å². The number of halogens is 2. The fraction of sp³-hybridized carbons (Fsp3) is 0.118. The topological polar surface area (TPSA) is 38.1 Å². The summed E-state index contributed by atoms with van der Waals surface area (Å²) in [6, 6.07) is 12.2. The number of benzene rings is 2. The summed E-state index contributed by atoms with van der Waals surface area (Å²) >= 11 is 6.07. The van der Waals surface area contributed by atoms with Crippen LogP contribution >= 0.6 is 11.6 Å². The van der Waals surface area contributed by atoms with Crippen LogP contribution in [0, 0.1) is 5.82 Å². The monoisotopic (exact) mass is 316 g/mol. The Labute approximate surface area is 132 Å². The van der Waals surface area contributed by atoms with E-state index < -0.39 is 0 Å². The lowest BCUT2D eigenvalue weighted by Crippen LogP contribution is -1.99. The Morgan fingerprint density at radius 3 is 2.50 bits per heavy atom. The highest BCUT2D eigenvalue weighted by Gasteiger charge is 2.05. The molecule has 0 unspecified atom stereocenters. The van der Waals surface area contributed by atoms with Crippen molar-refractivity contribution in [2.75, 3.05) is 0 Å². The molecular weight excluding hydrogens is 303 g/mol. The maximum Gasteiger partial charge on any atom is 0.124 e. The molecule has 22 heavy (non-hydrogen) atoms. The molecule has 3 rings (SSSR count). The molecule has 3 aromatic rings. The third-order valence-corrected chi connectivity index (χ3v) is 3.72. The molecule has 0 fully saturated rings. The van der Waals surface area contributed by atoms with E-state index in [1.165, 1.54) is 12.1 Å². The molecule has 0 aliphatic heterocycles. The van der Waals surface area contributed by atoms with Crippen LogP contribution in [0.2, 0.25) is 5.02 Å². The fourth-order valence-electron chi connectivity index (χ4n) is 2.27. The molecule has 0 bridgehead atoms. The van der Waals surface area contributed by atoms with E-state index in [9.17, 15) is 4.39 Å². The van der Waals surface area contributed by atoms with Crippen LogP contribution in [0.25, 0.3) is 11.1 Å². The first-order valence-electron chi connectivity index (χ1n) is 6.82. The summed E-state index contributed by atoms with van der Waals surface area (Å²) in [6.45, 7) is 0.611. The van der Waals surface area contributed by atoms with E-state index in [2.05, 4.69) is 5.10 Å². The zero-order chi connectivity index (χ0) is 15.5. The quantitative estimate of drug-likeness (QED) is 0.793. The maximum absolute atomic E-state index is 13.1. The van der Waals surface area contributed by atoms with E-state index in [-0.39, 0.29) is 12.4 Å². The molecule has 1 aromatic heterocycles. The lowest BCUT2D eigenvalue weighted by Gasteiger charge is -2.07. The van der Waals surface area contributed by atoms with Gasteiger partial charge in [0.1, 0.15) is 5.82 Å². The minimum atomic E-state index is -0.344. The van der Waals surface area contributed by atoms with Crippen molar-refractivity contribution in [3.8, 4) is 11.1 Å². The van der Waals surface area contributed by atoms with Crippen LogP contribution in [0.4, 0.5) is 4.39 Å². The van der Waals surface area contributed by atoms with Gasteiger partial charge in [0.2, 0.25) is 0 Å². The average molecular weight is 317 g/mol. The highest BCUT2D eigenvalue weighted by Crippen LogP contribution is 2.28. The number of aromatic nitrogens is 2. The molecule has 3 nitrogen and oxygen atoms in total. The van der Waals surface area contributed by atoms with E-state index in [4.69, 9.17) is 16.7 Å². The smallest absolute Gasteiger partial charge is 0.124 e. The molecule has 0 saturated heterocycles.